The quantitative estimate of drug-likeness (QED) is 0.634. The van der Waals surface area contributed by atoms with Gasteiger partial charge < -0.3 is 5.73 Å². The zero-order chi connectivity index (χ0) is 8.55. The first-order valence-electron chi connectivity index (χ1n) is 3.73. The Hall–Kier alpha value is -1.64. The molecule has 0 radical (unpaired) electrons. The second kappa shape index (κ2) is 2.44. The number of nitrogen functional groups attached to an aromatic ring is 1. The van der Waals surface area contributed by atoms with Gasteiger partial charge in [0, 0.05) is 17.8 Å². The first kappa shape index (κ1) is 7.03. The van der Waals surface area contributed by atoms with Crippen LogP contribution in [0.1, 0.15) is 5.56 Å². The summed E-state index contributed by atoms with van der Waals surface area (Å²) >= 11 is 0. The average molecular weight is 159 g/mol. The van der Waals surface area contributed by atoms with Crippen molar-refractivity contribution in [3.05, 3.63) is 30.2 Å². The van der Waals surface area contributed by atoms with E-state index in [-0.39, 0.29) is 0 Å². The van der Waals surface area contributed by atoms with Crippen LogP contribution in [0.3, 0.4) is 0 Å². The van der Waals surface area contributed by atoms with Crippen LogP contribution in [0.5, 0.6) is 0 Å². The highest BCUT2D eigenvalue weighted by molar-refractivity contribution is 5.82. The van der Waals surface area contributed by atoms with Crippen LogP contribution in [-0.4, -0.2) is 9.97 Å². The molecule has 60 valence electrons. The summed E-state index contributed by atoms with van der Waals surface area (Å²) in [5.41, 5.74) is 8.31. The summed E-state index contributed by atoms with van der Waals surface area (Å²) in [6.07, 6.45) is 5.23. The van der Waals surface area contributed by atoms with Crippen LogP contribution < -0.4 is 5.73 Å². The van der Waals surface area contributed by atoms with Gasteiger partial charge >= 0.3 is 0 Å². The van der Waals surface area contributed by atoms with Gasteiger partial charge in [0.2, 0.25) is 0 Å². The molecule has 0 aliphatic carbocycles. The van der Waals surface area contributed by atoms with E-state index in [9.17, 15) is 0 Å². The van der Waals surface area contributed by atoms with Gasteiger partial charge in [0.1, 0.15) is 0 Å². The van der Waals surface area contributed by atoms with E-state index in [0.29, 0.717) is 5.69 Å². The lowest BCUT2D eigenvalue weighted by atomic mass is 10.2. The third kappa shape index (κ3) is 0.993. The Kier molecular flexibility index (Phi) is 1.43. The zero-order valence-electron chi connectivity index (χ0n) is 6.78. The van der Waals surface area contributed by atoms with Crippen molar-refractivity contribution in [2.24, 2.45) is 0 Å². The Bertz CT molecular complexity index is 423. The van der Waals surface area contributed by atoms with E-state index in [1.54, 1.807) is 18.6 Å². The zero-order valence-corrected chi connectivity index (χ0v) is 6.78. The number of hydrogen-bond acceptors (Lipinski definition) is 3. The molecule has 2 aromatic rings. The normalized spacial score (nSPS) is 10.4. The van der Waals surface area contributed by atoms with Crippen molar-refractivity contribution in [2.75, 3.05) is 5.73 Å². The number of hydrogen-bond donors (Lipinski definition) is 1. The van der Waals surface area contributed by atoms with Crippen molar-refractivity contribution in [1.82, 2.24) is 9.97 Å². The van der Waals surface area contributed by atoms with Crippen LogP contribution in [0.2, 0.25) is 0 Å². The number of anilines is 1. The maximum absolute atomic E-state index is 5.58. The molecule has 3 heteroatoms. The minimum atomic E-state index is 0.676. The number of aromatic nitrogens is 2. The van der Waals surface area contributed by atoms with Gasteiger partial charge in [-0.3, -0.25) is 9.97 Å². The third-order valence-electron chi connectivity index (χ3n) is 1.79. The highest BCUT2D eigenvalue weighted by Crippen LogP contribution is 2.15. The summed E-state index contributed by atoms with van der Waals surface area (Å²) in [6, 6.07) is 1.88. The van der Waals surface area contributed by atoms with Crippen LogP contribution in [0.25, 0.3) is 10.9 Å². The predicted octanol–water partition coefficient (Wildman–Crippen LogP) is 1.52. The highest BCUT2D eigenvalue weighted by Gasteiger charge is 1.97. The third-order valence-corrected chi connectivity index (χ3v) is 1.79. The van der Waals surface area contributed by atoms with Crippen LogP contribution >= 0.6 is 0 Å². The molecule has 0 fully saturated rings. The minimum Gasteiger partial charge on any atom is -0.397 e. The number of nitrogens with zero attached hydrogens (tertiary/aromatic N) is 2. The van der Waals surface area contributed by atoms with Gasteiger partial charge in [0.15, 0.2) is 0 Å². The second-order valence-corrected chi connectivity index (χ2v) is 2.80. The average Bonchev–Trinajstić information content (AvgIpc) is 2.04. The standard InChI is InChI=1S/C9H9N3/c1-6-3-11-4-7-2-8(10)5-12-9(6)7/h2-5H,10H2,1H3. The Morgan fingerprint density at radius 3 is 2.92 bits per heavy atom. The molecule has 0 atom stereocenters. The van der Waals surface area contributed by atoms with Gasteiger partial charge in [-0.2, -0.15) is 0 Å². The topological polar surface area (TPSA) is 51.8 Å². The van der Waals surface area contributed by atoms with E-state index in [4.69, 9.17) is 5.73 Å². The number of fused-ring (bicyclic) bond motifs is 1. The van der Waals surface area contributed by atoms with E-state index >= 15 is 0 Å². The molecule has 2 N–H and O–H groups in total. The van der Waals surface area contributed by atoms with Crippen molar-refractivity contribution in [2.45, 2.75) is 6.92 Å². The monoisotopic (exact) mass is 159 g/mol. The van der Waals surface area contributed by atoms with E-state index in [1.807, 2.05) is 13.0 Å². The van der Waals surface area contributed by atoms with Gasteiger partial charge in [-0.25, -0.2) is 0 Å². The maximum Gasteiger partial charge on any atom is 0.0763 e. The lowest BCUT2D eigenvalue weighted by molar-refractivity contribution is 1.27. The summed E-state index contributed by atoms with van der Waals surface area (Å²) in [4.78, 5) is 8.27. The Morgan fingerprint density at radius 2 is 2.08 bits per heavy atom. The molecule has 0 bridgehead atoms. The molecule has 0 saturated heterocycles. The van der Waals surface area contributed by atoms with Crippen molar-refractivity contribution < 1.29 is 0 Å². The summed E-state index contributed by atoms with van der Waals surface area (Å²) in [6.45, 7) is 1.98. The largest absolute Gasteiger partial charge is 0.397 e. The number of aryl methyl sites for hydroxylation is 1. The molecular formula is C9H9N3. The smallest absolute Gasteiger partial charge is 0.0763 e. The van der Waals surface area contributed by atoms with Crippen LogP contribution in [0.15, 0.2) is 24.7 Å². The summed E-state index contributed by atoms with van der Waals surface area (Å²) in [5.74, 6) is 0. The van der Waals surface area contributed by atoms with Crippen molar-refractivity contribution in [3.63, 3.8) is 0 Å². The molecule has 0 aliphatic rings. The Balaban J connectivity index is 2.86. The molecule has 2 rings (SSSR count). The molecule has 0 aliphatic heterocycles. The highest BCUT2D eigenvalue weighted by atomic mass is 14.7. The molecule has 0 spiro atoms. The molecular weight excluding hydrogens is 150 g/mol. The van der Waals surface area contributed by atoms with Crippen molar-refractivity contribution >= 4 is 16.6 Å². The Labute approximate surface area is 70.3 Å². The fourth-order valence-electron chi connectivity index (χ4n) is 1.22. The molecule has 0 unspecified atom stereocenters. The molecule has 0 aromatic carbocycles. The number of rotatable bonds is 0. The van der Waals surface area contributed by atoms with E-state index in [2.05, 4.69) is 9.97 Å². The number of pyridine rings is 2. The fraction of sp³-hybridized carbons (Fsp3) is 0.111. The molecule has 0 saturated carbocycles. The molecule has 2 aromatic heterocycles. The van der Waals surface area contributed by atoms with Gasteiger partial charge in [0.05, 0.1) is 17.4 Å². The molecule has 3 nitrogen and oxygen atoms in total. The van der Waals surface area contributed by atoms with Crippen LogP contribution in [0, 0.1) is 6.92 Å². The Morgan fingerprint density at radius 1 is 1.25 bits per heavy atom. The van der Waals surface area contributed by atoms with Gasteiger partial charge in [-0.15, -0.1) is 0 Å². The lowest BCUT2D eigenvalue weighted by Crippen LogP contribution is -1.89. The molecule has 12 heavy (non-hydrogen) atoms. The van der Waals surface area contributed by atoms with E-state index in [1.165, 1.54) is 0 Å². The van der Waals surface area contributed by atoms with Crippen LogP contribution in [-0.2, 0) is 0 Å². The lowest BCUT2D eigenvalue weighted by Gasteiger charge is -1.99. The fourth-order valence-corrected chi connectivity index (χ4v) is 1.22. The van der Waals surface area contributed by atoms with Gasteiger partial charge in [-0.05, 0) is 18.6 Å². The SMILES string of the molecule is Cc1cncc2cc(N)cnc12. The molecule has 0 amide bonds. The first-order chi connectivity index (χ1) is 5.77. The predicted molar refractivity (Wildman–Crippen MR) is 48.7 cm³/mol. The molecule has 2 heterocycles. The van der Waals surface area contributed by atoms with Crippen LogP contribution in [0.4, 0.5) is 5.69 Å². The van der Waals surface area contributed by atoms with Crippen molar-refractivity contribution in [3.8, 4) is 0 Å². The van der Waals surface area contributed by atoms with E-state index < -0.39 is 0 Å². The van der Waals surface area contributed by atoms with Gasteiger partial charge in [-0.1, -0.05) is 0 Å². The second-order valence-electron chi connectivity index (χ2n) is 2.80. The van der Waals surface area contributed by atoms with Crippen molar-refractivity contribution in [1.29, 1.82) is 0 Å². The van der Waals surface area contributed by atoms with Gasteiger partial charge in [0.25, 0.3) is 0 Å². The number of nitrogens with two attached hydrogens (primary N) is 1. The summed E-state index contributed by atoms with van der Waals surface area (Å²) < 4.78 is 0. The van der Waals surface area contributed by atoms with E-state index in [0.717, 1.165) is 16.5 Å². The summed E-state index contributed by atoms with van der Waals surface area (Å²) in [7, 11) is 0. The first-order valence-corrected chi connectivity index (χ1v) is 3.73. The summed E-state index contributed by atoms with van der Waals surface area (Å²) in [5, 5.41) is 0.995. The maximum atomic E-state index is 5.58. The minimum absolute atomic E-state index is 0.676.